The van der Waals surface area contributed by atoms with Gasteiger partial charge in [0.05, 0.1) is 17.9 Å². The van der Waals surface area contributed by atoms with Crippen molar-refractivity contribution in [2.24, 2.45) is 0 Å². The fourth-order valence-electron chi connectivity index (χ4n) is 2.23. The number of hydrogen-bond acceptors (Lipinski definition) is 3. The average Bonchev–Trinajstić information content (AvgIpc) is 3.31. The summed E-state index contributed by atoms with van der Waals surface area (Å²) in [5.74, 6) is -5.80. The molecule has 134 valence electrons. The van der Waals surface area contributed by atoms with Gasteiger partial charge in [0.1, 0.15) is 4.88 Å². The highest BCUT2D eigenvalue weighted by Crippen LogP contribution is 2.21. The van der Waals surface area contributed by atoms with Crippen LogP contribution in [0.3, 0.4) is 0 Å². The maximum atomic E-state index is 13.5. The number of carbonyl (C=O) groups excluding carboxylic acids is 2. The van der Waals surface area contributed by atoms with Crippen LogP contribution in [0.2, 0.25) is 0 Å². The van der Waals surface area contributed by atoms with Gasteiger partial charge in [0, 0.05) is 12.4 Å². The number of hydrogen-bond donors (Lipinski definition) is 2. The zero-order chi connectivity index (χ0) is 18.7. The summed E-state index contributed by atoms with van der Waals surface area (Å²) in [5, 5.41) is 6.23. The fraction of sp³-hybridized carbons (Fsp3) is 0.0588. The van der Waals surface area contributed by atoms with Crippen molar-refractivity contribution in [3.63, 3.8) is 0 Å². The molecule has 0 bridgehead atoms. The van der Waals surface area contributed by atoms with Crippen molar-refractivity contribution in [1.29, 1.82) is 0 Å². The van der Waals surface area contributed by atoms with Crippen LogP contribution in [0.5, 0.6) is 0 Å². The number of benzene rings is 1. The molecule has 0 fully saturated rings. The minimum absolute atomic E-state index is 0.396. The molecule has 0 aliphatic heterocycles. The standard InChI is InChI=1S/C17H12F3N3O2S/c18-10-3-4-11(15(20)14(10)19)22-13(24)9-21-17(25)16-12(5-8-26-16)23-6-1-2-7-23/h1-8H,9H2,(H,21,25)(H,22,24). The van der Waals surface area contributed by atoms with Crippen LogP contribution < -0.4 is 10.6 Å². The minimum atomic E-state index is -1.68. The summed E-state index contributed by atoms with van der Waals surface area (Å²) in [6.45, 7) is -0.458. The van der Waals surface area contributed by atoms with E-state index in [1.807, 2.05) is 12.1 Å². The van der Waals surface area contributed by atoms with E-state index in [0.29, 0.717) is 16.6 Å². The van der Waals surface area contributed by atoms with E-state index in [4.69, 9.17) is 0 Å². The Labute approximate surface area is 150 Å². The van der Waals surface area contributed by atoms with Gasteiger partial charge in [-0.15, -0.1) is 11.3 Å². The van der Waals surface area contributed by atoms with Crippen LogP contribution in [0.25, 0.3) is 5.69 Å². The van der Waals surface area contributed by atoms with Gasteiger partial charge >= 0.3 is 0 Å². The number of carbonyl (C=O) groups is 2. The second kappa shape index (κ2) is 7.44. The Morgan fingerprint density at radius 3 is 2.50 bits per heavy atom. The number of amides is 2. The molecule has 0 aliphatic rings. The number of aromatic nitrogens is 1. The third-order valence-corrected chi connectivity index (χ3v) is 4.35. The smallest absolute Gasteiger partial charge is 0.263 e. The zero-order valence-electron chi connectivity index (χ0n) is 13.1. The zero-order valence-corrected chi connectivity index (χ0v) is 13.9. The average molecular weight is 379 g/mol. The van der Waals surface area contributed by atoms with Gasteiger partial charge < -0.3 is 15.2 Å². The molecule has 0 unspecified atom stereocenters. The van der Waals surface area contributed by atoms with Gasteiger partial charge in [-0.1, -0.05) is 0 Å². The number of rotatable bonds is 5. The Morgan fingerprint density at radius 1 is 1.04 bits per heavy atom. The van der Waals surface area contributed by atoms with Gasteiger partial charge in [-0.25, -0.2) is 13.2 Å². The first kappa shape index (κ1) is 17.7. The first-order valence-corrected chi connectivity index (χ1v) is 8.27. The van der Waals surface area contributed by atoms with E-state index >= 15 is 0 Å². The molecule has 0 atom stereocenters. The molecule has 5 nitrogen and oxygen atoms in total. The highest BCUT2D eigenvalue weighted by molar-refractivity contribution is 7.12. The summed E-state index contributed by atoms with van der Waals surface area (Å²) in [6, 6.07) is 6.97. The van der Waals surface area contributed by atoms with Crippen LogP contribution in [-0.4, -0.2) is 22.9 Å². The molecule has 0 spiro atoms. The maximum Gasteiger partial charge on any atom is 0.263 e. The Kier molecular flexibility index (Phi) is 5.08. The van der Waals surface area contributed by atoms with E-state index in [-0.39, 0.29) is 0 Å². The summed E-state index contributed by atoms with van der Waals surface area (Å²) in [7, 11) is 0. The third-order valence-electron chi connectivity index (χ3n) is 3.45. The Bertz CT molecular complexity index is 954. The number of nitrogens with zero attached hydrogens (tertiary/aromatic N) is 1. The third kappa shape index (κ3) is 3.62. The predicted octanol–water partition coefficient (Wildman–Crippen LogP) is 3.32. The van der Waals surface area contributed by atoms with Gasteiger partial charge in [0.2, 0.25) is 5.91 Å². The topological polar surface area (TPSA) is 63.1 Å². The highest BCUT2D eigenvalue weighted by Gasteiger charge is 2.17. The molecule has 0 saturated carbocycles. The molecule has 2 heterocycles. The summed E-state index contributed by atoms with van der Waals surface area (Å²) in [5.41, 5.74) is 0.150. The molecule has 26 heavy (non-hydrogen) atoms. The number of nitrogens with one attached hydrogen (secondary N) is 2. The van der Waals surface area contributed by atoms with E-state index in [9.17, 15) is 22.8 Å². The lowest BCUT2D eigenvalue weighted by Gasteiger charge is -2.09. The molecule has 0 aliphatic carbocycles. The van der Waals surface area contributed by atoms with Gasteiger partial charge in [-0.2, -0.15) is 0 Å². The van der Waals surface area contributed by atoms with Gasteiger partial charge in [-0.3, -0.25) is 9.59 Å². The van der Waals surface area contributed by atoms with E-state index in [2.05, 4.69) is 10.6 Å². The van der Waals surface area contributed by atoms with E-state index < -0.39 is 41.5 Å². The van der Waals surface area contributed by atoms with Crippen molar-refractivity contribution in [1.82, 2.24) is 9.88 Å². The van der Waals surface area contributed by atoms with Crippen LogP contribution in [-0.2, 0) is 4.79 Å². The van der Waals surface area contributed by atoms with Crippen LogP contribution in [0, 0.1) is 17.5 Å². The highest BCUT2D eigenvalue weighted by atomic mass is 32.1. The normalized spacial score (nSPS) is 10.6. The number of thiophene rings is 1. The second-order valence-corrected chi connectivity index (χ2v) is 6.10. The summed E-state index contributed by atoms with van der Waals surface area (Å²) >= 11 is 1.20. The SMILES string of the molecule is O=C(CNC(=O)c1sccc1-n1cccc1)Nc1ccc(F)c(F)c1F. The molecule has 3 rings (SSSR count). The Morgan fingerprint density at radius 2 is 1.77 bits per heavy atom. The first-order valence-electron chi connectivity index (χ1n) is 7.39. The largest absolute Gasteiger partial charge is 0.342 e. The van der Waals surface area contributed by atoms with E-state index in [1.54, 1.807) is 28.4 Å². The van der Waals surface area contributed by atoms with Crippen LogP contribution >= 0.6 is 11.3 Å². The van der Waals surface area contributed by atoms with Crippen molar-refractivity contribution in [2.45, 2.75) is 0 Å². The maximum absolute atomic E-state index is 13.5. The molecule has 1 aromatic carbocycles. The lowest BCUT2D eigenvalue weighted by atomic mass is 10.2. The molecule has 2 N–H and O–H groups in total. The van der Waals surface area contributed by atoms with Gasteiger partial charge in [-0.05, 0) is 35.7 Å². The van der Waals surface area contributed by atoms with E-state index in [1.165, 1.54) is 11.3 Å². The van der Waals surface area contributed by atoms with Crippen molar-refractivity contribution in [2.75, 3.05) is 11.9 Å². The predicted molar refractivity (Wildman–Crippen MR) is 90.9 cm³/mol. The lowest BCUT2D eigenvalue weighted by Crippen LogP contribution is -2.33. The first-order chi connectivity index (χ1) is 12.5. The number of halogens is 3. The molecule has 9 heteroatoms. The quantitative estimate of drug-likeness (QED) is 0.668. The Hall–Kier alpha value is -3.07. The van der Waals surface area contributed by atoms with Gasteiger partial charge in [0.25, 0.3) is 5.91 Å². The minimum Gasteiger partial charge on any atom is -0.342 e. The lowest BCUT2D eigenvalue weighted by molar-refractivity contribution is -0.115. The monoisotopic (exact) mass is 379 g/mol. The van der Waals surface area contributed by atoms with Crippen LogP contribution in [0.15, 0.2) is 48.1 Å². The number of anilines is 1. The molecule has 2 amide bonds. The molecule has 0 saturated heterocycles. The molecular formula is C17H12F3N3O2S. The van der Waals surface area contributed by atoms with Gasteiger partial charge in [0.15, 0.2) is 17.5 Å². The molecule has 3 aromatic rings. The fourth-order valence-corrected chi connectivity index (χ4v) is 3.03. The summed E-state index contributed by atoms with van der Waals surface area (Å²) in [6.07, 6.45) is 3.55. The van der Waals surface area contributed by atoms with Crippen molar-refractivity contribution in [3.05, 3.63) is 70.4 Å². The summed E-state index contributed by atoms with van der Waals surface area (Å²) in [4.78, 5) is 24.5. The van der Waals surface area contributed by atoms with Crippen LogP contribution in [0.4, 0.5) is 18.9 Å². The van der Waals surface area contributed by atoms with Crippen LogP contribution in [0.1, 0.15) is 9.67 Å². The Balaban J connectivity index is 1.63. The van der Waals surface area contributed by atoms with Crippen molar-refractivity contribution in [3.8, 4) is 5.69 Å². The van der Waals surface area contributed by atoms with E-state index in [0.717, 1.165) is 6.07 Å². The molecular weight excluding hydrogens is 367 g/mol. The second-order valence-electron chi connectivity index (χ2n) is 5.18. The van der Waals surface area contributed by atoms with Crippen molar-refractivity contribution >= 4 is 28.8 Å². The summed E-state index contributed by atoms with van der Waals surface area (Å²) < 4.78 is 41.3. The molecule has 2 aromatic heterocycles. The molecule has 0 radical (unpaired) electrons. The van der Waals surface area contributed by atoms with Crippen molar-refractivity contribution < 1.29 is 22.8 Å².